The highest BCUT2D eigenvalue weighted by molar-refractivity contribution is 5.69. The van der Waals surface area contributed by atoms with Crippen LogP contribution in [0.4, 0.5) is 0 Å². The van der Waals surface area contributed by atoms with Crippen LogP contribution >= 0.6 is 0 Å². The number of aliphatic carboxylic acids is 1. The van der Waals surface area contributed by atoms with Crippen LogP contribution in [0.2, 0.25) is 0 Å². The Bertz CT molecular complexity index is 414. The number of aryl methyl sites for hydroxylation is 1. The highest BCUT2D eigenvalue weighted by Gasteiger charge is 2.18. The summed E-state index contributed by atoms with van der Waals surface area (Å²) in [7, 11) is 0. The standard InChI is InChI=1S/C13H19N3O2/c1-11-2-3-14-8-12(11)9-15-4-6-16(7-5-15)10-13(17)18/h2-3,8H,4-7,9-10H2,1H3,(H,17,18). The second-order valence-corrected chi connectivity index (χ2v) is 4.75. The van der Waals surface area contributed by atoms with Crippen LogP contribution in [0, 0.1) is 6.92 Å². The molecule has 0 unspecified atom stereocenters. The summed E-state index contributed by atoms with van der Waals surface area (Å²) >= 11 is 0. The predicted molar refractivity (Wildman–Crippen MR) is 68.3 cm³/mol. The van der Waals surface area contributed by atoms with E-state index in [2.05, 4.69) is 16.8 Å². The van der Waals surface area contributed by atoms with Gasteiger partial charge >= 0.3 is 5.97 Å². The molecule has 1 aliphatic rings. The fraction of sp³-hybridized carbons (Fsp3) is 0.538. The summed E-state index contributed by atoms with van der Waals surface area (Å²) in [6, 6.07) is 2.02. The number of hydrogen-bond donors (Lipinski definition) is 1. The first-order chi connectivity index (χ1) is 8.65. The van der Waals surface area contributed by atoms with Gasteiger partial charge in [0.1, 0.15) is 0 Å². The minimum Gasteiger partial charge on any atom is -0.480 e. The Morgan fingerprint density at radius 1 is 1.33 bits per heavy atom. The van der Waals surface area contributed by atoms with E-state index < -0.39 is 5.97 Å². The van der Waals surface area contributed by atoms with Crippen molar-refractivity contribution in [2.75, 3.05) is 32.7 Å². The fourth-order valence-corrected chi connectivity index (χ4v) is 2.20. The summed E-state index contributed by atoms with van der Waals surface area (Å²) in [5.41, 5.74) is 2.52. The van der Waals surface area contributed by atoms with Gasteiger partial charge in [0.25, 0.3) is 0 Å². The molecule has 1 aromatic heterocycles. The topological polar surface area (TPSA) is 56.7 Å². The van der Waals surface area contributed by atoms with Crippen LogP contribution in [-0.4, -0.2) is 58.6 Å². The summed E-state index contributed by atoms with van der Waals surface area (Å²) in [6.45, 7) is 6.64. The van der Waals surface area contributed by atoms with Crippen molar-refractivity contribution < 1.29 is 9.90 Å². The lowest BCUT2D eigenvalue weighted by Crippen LogP contribution is -2.47. The van der Waals surface area contributed by atoms with Crippen molar-refractivity contribution in [3.63, 3.8) is 0 Å². The van der Waals surface area contributed by atoms with Crippen LogP contribution in [0.3, 0.4) is 0 Å². The molecule has 0 aromatic carbocycles. The molecule has 0 bridgehead atoms. The van der Waals surface area contributed by atoms with Crippen molar-refractivity contribution in [3.8, 4) is 0 Å². The Morgan fingerprint density at radius 2 is 2.00 bits per heavy atom. The summed E-state index contributed by atoms with van der Waals surface area (Å²) < 4.78 is 0. The Morgan fingerprint density at radius 3 is 2.61 bits per heavy atom. The molecular weight excluding hydrogens is 230 g/mol. The molecule has 1 fully saturated rings. The van der Waals surface area contributed by atoms with E-state index in [9.17, 15) is 4.79 Å². The summed E-state index contributed by atoms with van der Waals surface area (Å²) in [5, 5.41) is 8.74. The number of rotatable bonds is 4. The van der Waals surface area contributed by atoms with Crippen LogP contribution in [0.25, 0.3) is 0 Å². The highest BCUT2D eigenvalue weighted by Crippen LogP contribution is 2.11. The number of pyridine rings is 1. The van der Waals surface area contributed by atoms with E-state index in [1.807, 2.05) is 23.4 Å². The molecule has 0 saturated carbocycles. The SMILES string of the molecule is Cc1ccncc1CN1CCN(CC(=O)O)CC1. The first-order valence-corrected chi connectivity index (χ1v) is 6.21. The molecule has 2 heterocycles. The first-order valence-electron chi connectivity index (χ1n) is 6.21. The molecule has 1 saturated heterocycles. The van der Waals surface area contributed by atoms with Gasteiger partial charge in [0.2, 0.25) is 0 Å². The van der Waals surface area contributed by atoms with Crippen LogP contribution in [-0.2, 0) is 11.3 Å². The Labute approximate surface area is 107 Å². The first kappa shape index (κ1) is 13.0. The van der Waals surface area contributed by atoms with Crippen molar-refractivity contribution in [1.29, 1.82) is 0 Å². The maximum Gasteiger partial charge on any atom is 0.317 e. The molecule has 0 radical (unpaired) electrons. The van der Waals surface area contributed by atoms with Gasteiger partial charge in [-0.05, 0) is 24.1 Å². The lowest BCUT2D eigenvalue weighted by atomic mass is 10.1. The van der Waals surface area contributed by atoms with Gasteiger partial charge in [-0.15, -0.1) is 0 Å². The van der Waals surface area contributed by atoms with E-state index in [1.54, 1.807) is 0 Å². The van der Waals surface area contributed by atoms with Crippen LogP contribution in [0.1, 0.15) is 11.1 Å². The normalized spacial score (nSPS) is 17.8. The van der Waals surface area contributed by atoms with Crippen molar-refractivity contribution in [3.05, 3.63) is 29.6 Å². The maximum absolute atomic E-state index is 10.6. The molecule has 0 amide bonds. The van der Waals surface area contributed by atoms with Gasteiger partial charge in [-0.1, -0.05) is 0 Å². The third kappa shape index (κ3) is 3.51. The molecule has 1 aliphatic heterocycles. The largest absolute Gasteiger partial charge is 0.480 e. The fourth-order valence-electron chi connectivity index (χ4n) is 2.20. The van der Waals surface area contributed by atoms with Crippen molar-refractivity contribution in [2.24, 2.45) is 0 Å². The number of carboxylic acids is 1. The second kappa shape index (κ2) is 5.93. The van der Waals surface area contributed by atoms with E-state index in [0.29, 0.717) is 0 Å². The Hall–Kier alpha value is -1.46. The van der Waals surface area contributed by atoms with Gasteiger partial charge in [0.05, 0.1) is 6.54 Å². The summed E-state index contributed by atoms with van der Waals surface area (Å²) in [5.74, 6) is -0.744. The van der Waals surface area contributed by atoms with E-state index in [1.165, 1.54) is 11.1 Å². The van der Waals surface area contributed by atoms with E-state index in [-0.39, 0.29) is 6.54 Å². The van der Waals surface area contributed by atoms with E-state index >= 15 is 0 Å². The summed E-state index contributed by atoms with van der Waals surface area (Å²) in [4.78, 5) is 19.1. The minimum atomic E-state index is -0.744. The molecule has 1 N–H and O–H groups in total. The van der Waals surface area contributed by atoms with Gasteiger partial charge in [-0.2, -0.15) is 0 Å². The smallest absolute Gasteiger partial charge is 0.317 e. The zero-order valence-electron chi connectivity index (χ0n) is 10.7. The van der Waals surface area contributed by atoms with Crippen molar-refractivity contribution in [1.82, 2.24) is 14.8 Å². The Balaban J connectivity index is 1.84. The zero-order valence-corrected chi connectivity index (χ0v) is 10.7. The van der Waals surface area contributed by atoms with E-state index in [0.717, 1.165) is 32.7 Å². The van der Waals surface area contributed by atoms with E-state index in [4.69, 9.17) is 5.11 Å². The van der Waals surface area contributed by atoms with Gasteiger partial charge in [-0.3, -0.25) is 19.6 Å². The molecule has 18 heavy (non-hydrogen) atoms. The third-order valence-corrected chi connectivity index (χ3v) is 3.37. The van der Waals surface area contributed by atoms with Crippen molar-refractivity contribution in [2.45, 2.75) is 13.5 Å². The third-order valence-electron chi connectivity index (χ3n) is 3.37. The maximum atomic E-state index is 10.6. The molecule has 5 nitrogen and oxygen atoms in total. The second-order valence-electron chi connectivity index (χ2n) is 4.75. The monoisotopic (exact) mass is 249 g/mol. The lowest BCUT2D eigenvalue weighted by molar-refractivity contribution is -0.138. The van der Waals surface area contributed by atoms with Gasteiger partial charge in [0.15, 0.2) is 0 Å². The molecule has 0 spiro atoms. The van der Waals surface area contributed by atoms with Crippen LogP contribution < -0.4 is 0 Å². The number of aromatic nitrogens is 1. The van der Waals surface area contributed by atoms with Gasteiger partial charge in [0, 0.05) is 45.1 Å². The average Bonchev–Trinajstić information content (AvgIpc) is 2.34. The summed E-state index contributed by atoms with van der Waals surface area (Å²) in [6.07, 6.45) is 3.72. The zero-order chi connectivity index (χ0) is 13.0. The predicted octanol–water partition coefficient (Wildman–Crippen LogP) is 0.592. The van der Waals surface area contributed by atoms with Crippen LogP contribution in [0.5, 0.6) is 0 Å². The minimum absolute atomic E-state index is 0.153. The van der Waals surface area contributed by atoms with Gasteiger partial charge in [-0.25, -0.2) is 0 Å². The lowest BCUT2D eigenvalue weighted by Gasteiger charge is -2.33. The molecule has 1 aromatic rings. The average molecular weight is 249 g/mol. The number of hydrogen-bond acceptors (Lipinski definition) is 4. The molecular formula is C13H19N3O2. The molecule has 0 atom stereocenters. The molecule has 0 aliphatic carbocycles. The number of piperazine rings is 1. The number of nitrogens with zero attached hydrogens (tertiary/aromatic N) is 3. The highest BCUT2D eigenvalue weighted by atomic mass is 16.4. The quantitative estimate of drug-likeness (QED) is 0.846. The molecule has 5 heteroatoms. The van der Waals surface area contributed by atoms with Crippen LogP contribution in [0.15, 0.2) is 18.5 Å². The van der Waals surface area contributed by atoms with Gasteiger partial charge < -0.3 is 5.11 Å². The van der Waals surface area contributed by atoms with Crippen molar-refractivity contribution >= 4 is 5.97 Å². The number of carboxylic acid groups (broad SMARTS) is 1. The number of carbonyl (C=O) groups is 1. The molecule has 98 valence electrons. The Kier molecular flexibility index (Phi) is 4.28. The molecule has 2 rings (SSSR count).